The summed E-state index contributed by atoms with van der Waals surface area (Å²) in [7, 11) is 0. The van der Waals surface area contributed by atoms with Crippen molar-refractivity contribution in [1.29, 1.82) is 0 Å². The van der Waals surface area contributed by atoms with E-state index in [-0.39, 0.29) is 11.9 Å². The highest BCUT2D eigenvalue weighted by Gasteiger charge is 2.37. The van der Waals surface area contributed by atoms with E-state index in [1.54, 1.807) is 19.1 Å². The number of hydrogen-bond donors (Lipinski definition) is 0. The Balaban J connectivity index is 2.88. The zero-order chi connectivity index (χ0) is 11.9. The lowest BCUT2D eigenvalue weighted by Gasteiger charge is -2.03. The first-order valence-corrected chi connectivity index (χ1v) is 4.45. The minimum absolute atomic E-state index is 0.120. The number of carbonyl (C=O) groups excluding carboxylic acids is 1. The van der Waals surface area contributed by atoms with Crippen molar-refractivity contribution in [3.05, 3.63) is 35.3 Å². The molecular weight excluding hydrogens is 221 g/mol. The molecule has 0 fully saturated rings. The lowest BCUT2D eigenvalue weighted by molar-refractivity contribution is -0.141. The zero-order valence-electron chi connectivity index (χ0n) is 8.25. The van der Waals surface area contributed by atoms with Crippen LogP contribution >= 0.6 is 0 Å². The van der Waals surface area contributed by atoms with Crippen molar-refractivity contribution in [1.82, 2.24) is 9.38 Å². The van der Waals surface area contributed by atoms with Gasteiger partial charge in [0.15, 0.2) is 12.0 Å². The van der Waals surface area contributed by atoms with E-state index in [4.69, 9.17) is 0 Å². The second kappa shape index (κ2) is 3.33. The third-order valence-corrected chi connectivity index (χ3v) is 2.25. The van der Waals surface area contributed by atoms with Gasteiger partial charge in [0.1, 0.15) is 11.3 Å². The number of nitrogens with zero attached hydrogens (tertiary/aromatic N) is 2. The molecule has 0 amide bonds. The molecule has 0 saturated carbocycles. The number of carbonyl (C=O) groups is 1. The number of pyridine rings is 1. The van der Waals surface area contributed by atoms with Gasteiger partial charge in [-0.2, -0.15) is 13.2 Å². The Morgan fingerprint density at radius 1 is 1.38 bits per heavy atom. The maximum Gasteiger partial charge on any atom is 0.435 e. The van der Waals surface area contributed by atoms with Gasteiger partial charge < -0.3 is 0 Å². The Kier molecular flexibility index (Phi) is 2.22. The summed E-state index contributed by atoms with van der Waals surface area (Å²) in [6.07, 6.45) is -4.44. The molecule has 0 aromatic carbocycles. The molecule has 0 aliphatic carbocycles. The molecular formula is C10H7F3N2O. The highest BCUT2D eigenvalue weighted by molar-refractivity contribution is 5.77. The summed E-state index contributed by atoms with van der Waals surface area (Å²) in [6.45, 7) is 1.61. The summed E-state index contributed by atoms with van der Waals surface area (Å²) >= 11 is 0. The SMILES string of the molecule is Cc1cccc2nc(C(F)(F)F)c(C=O)n12. The fraction of sp³-hybridized carbons (Fsp3) is 0.200. The van der Waals surface area contributed by atoms with Gasteiger partial charge in [-0.05, 0) is 19.1 Å². The van der Waals surface area contributed by atoms with Crippen molar-refractivity contribution in [3.8, 4) is 0 Å². The summed E-state index contributed by atoms with van der Waals surface area (Å²) in [6, 6.07) is 4.63. The molecule has 0 bridgehead atoms. The quantitative estimate of drug-likeness (QED) is 0.702. The van der Waals surface area contributed by atoms with E-state index in [1.807, 2.05) is 0 Å². The molecule has 6 heteroatoms. The maximum absolute atomic E-state index is 12.6. The Morgan fingerprint density at radius 3 is 2.62 bits per heavy atom. The fourth-order valence-electron chi connectivity index (χ4n) is 1.60. The van der Waals surface area contributed by atoms with E-state index in [0.29, 0.717) is 5.69 Å². The largest absolute Gasteiger partial charge is 0.435 e. The van der Waals surface area contributed by atoms with Crippen molar-refractivity contribution in [3.63, 3.8) is 0 Å². The second-order valence-corrected chi connectivity index (χ2v) is 3.32. The van der Waals surface area contributed by atoms with Crippen LogP contribution in [0.3, 0.4) is 0 Å². The first kappa shape index (κ1) is 10.7. The van der Waals surface area contributed by atoms with E-state index < -0.39 is 17.6 Å². The molecule has 3 nitrogen and oxygen atoms in total. The predicted octanol–water partition coefficient (Wildman–Crippen LogP) is 2.47. The van der Waals surface area contributed by atoms with Gasteiger partial charge >= 0.3 is 6.18 Å². The topological polar surface area (TPSA) is 34.4 Å². The first-order valence-electron chi connectivity index (χ1n) is 4.45. The Labute approximate surface area is 88.5 Å². The molecule has 2 rings (SSSR count). The Morgan fingerprint density at radius 2 is 2.06 bits per heavy atom. The first-order chi connectivity index (χ1) is 7.45. The molecule has 0 saturated heterocycles. The third-order valence-electron chi connectivity index (χ3n) is 2.25. The van der Waals surface area contributed by atoms with Gasteiger partial charge in [-0.15, -0.1) is 0 Å². The summed E-state index contributed by atoms with van der Waals surface area (Å²) in [4.78, 5) is 14.2. The number of fused-ring (bicyclic) bond motifs is 1. The average molecular weight is 228 g/mol. The van der Waals surface area contributed by atoms with Crippen LogP contribution in [-0.2, 0) is 6.18 Å². The highest BCUT2D eigenvalue weighted by atomic mass is 19.4. The molecule has 2 heterocycles. The van der Waals surface area contributed by atoms with Crippen LogP contribution in [0.25, 0.3) is 5.65 Å². The summed E-state index contributed by atoms with van der Waals surface area (Å²) < 4.78 is 38.9. The number of aryl methyl sites for hydroxylation is 1. The smallest absolute Gasteiger partial charge is 0.296 e. The molecule has 0 radical (unpaired) electrons. The summed E-state index contributed by atoms with van der Waals surface area (Å²) in [5.41, 5.74) is -0.950. The van der Waals surface area contributed by atoms with Crippen molar-refractivity contribution < 1.29 is 18.0 Å². The van der Waals surface area contributed by atoms with Crippen LogP contribution in [0.15, 0.2) is 18.2 Å². The van der Waals surface area contributed by atoms with E-state index >= 15 is 0 Å². The van der Waals surface area contributed by atoms with Gasteiger partial charge in [-0.25, -0.2) is 4.98 Å². The Bertz CT molecular complexity index is 557. The van der Waals surface area contributed by atoms with Crippen molar-refractivity contribution in [2.24, 2.45) is 0 Å². The molecule has 0 spiro atoms. The molecule has 0 N–H and O–H groups in total. The molecule has 2 aromatic heterocycles. The standard InChI is InChI=1S/C10H7F3N2O/c1-6-3-2-4-8-14-9(10(11,12)13)7(5-16)15(6)8/h2-5H,1H3. The minimum Gasteiger partial charge on any atom is -0.296 e. The predicted molar refractivity (Wildman–Crippen MR) is 50.3 cm³/mol. The van der Waals surface area contributed by atoms with E-state index in [1.165, 1.54) is 10.5 Å². The van der Waals surface area contributed by atoms with E-state index in [0.717, 1.165) is 0 Å². The molecule has 0 atom stereocenters. The second-order valence-electron chi connectivity index (χ2n) is 3.32. The normalized spacial score (nSPS) is 12.0. The fourth-order valence-corrected chi connectivity index (χ4v) is 1.60. The minimum atomic E-state index is -4.62. The Hall–Kier alpha value is -1.85. The van der Waals surface area contributed by atoms with Gasteiger partial charge in [0, 0.05) is 5.69 Å². The molecule has 84 valence electrons. The molecule has 0 aliphatic heterocycles. The zero-order valence-corrected chi connectivity index (χ0v) is 8.25. The number of aromatic nitrogens is 2. The monoisotopic (exact) mass is 228 g/mol. The third kappa shape index (κ3) is 1.46. The number of halogens is 3. The van der Waals surface area contributed by atoms with Crippen molar-refractivity contribution in [2.45, 2.75) is 13.1 Å². The van der Waals surface area contributed by atoms with Crippen LogP contribution in [0.4, 0.5) is 13.2 Å². The highest BCUT2D eigenvalue weighted by Crippen LogP contribution is 2.31. The molecule has 16 heavy (non-hydrogen) atoms. The van der Waals surface area contributed by atoms with Crippen LogP contribution in [0.1, 0.15) is 21.9 Å². The number of alkyl halides is 3. The van der Waals surface area contributed by atoms with Gasteiger partial charge in [0.2, 0.25) is 0 Å². The van der Waals surface area contributed by atoms with Crippen molar-refractivity contribution in [2.75, 3.05) is 0 Å². The lowest BCUT2D eigenvalue weighted by Crippen LogP contribution is -2.09. The summed E-state index contributed by atoms with van der Waals surface area (Å²) in [5, 5.41) is 0. The van der Waals surface area contributed by atoms with Gasteiger partial charge in [0.05, 0.1) is 0 Å². The maximum atomic E-state index is 12.6. The van der Waals surface area contributed by atoms with E-state index in [9.17, 15) is 18.0 Å². The molecule has 0 unspecified atom stereocenters. The molecule has 2 aromatic rings. The molecule has 0 aliphatic rings. The number of imidazole rings is 1. The summed E-state index contributed by atoms with van der Waals surface area (Å²) in [5.74, 6) is 0. The van der Waals surface area contributed by atoms with E-state index in [2.05, 4.69) is 4.98 Å². The van der Waals surface area contributed by atoms with Crippen molar-refractivity contribution >= 4 is 11.9 Å². The number of hydrogen-bond acceptors (Lipinski definition) is 2. The van der Waals surface area contributed by atoms with Gasteiger partial charge in [-0.1, -0.05) is 6.07 Å². The lowest BCUT2D eigenvalue weighted by atomic mass is 10.3. The van der Waals surface area contributed by atoms with Gasteiger partial charge in [0.25, 0.3) is 0 Å². The van der Waals surface area contributed by atoms with Gasteiger partial charge in [-0.3, -0.25) is 9.20 Å². The van der Waals surface area contributed by atoms with Crippen LogP contribution in [0.5, 0.6) is 0 Å². The van der Waals surface area contributed by atoms with Crippen LogP contribution in [0, 0.1) is 6.92 Å². The van der Waals surface area contributed by atoms with Crippen LogP contribution < -0.4 is 0 Å². The average Bonchev–Trinajstić information content (AvgIpc) is 2.57. The van der Waals surface area contributed by atoms with Crippen LogP contribution in [0.2, 0.25) is 0 Å². The van der Waals surface area contributed by atoms with Crippen LogP contribution in [-0.4, -0.2) is 15.7 Å². The number of rotatable bonds is 1. The number of aldehydes is 1.